The molecule has 2 rings (SSSR count). The normalized spacial score (nSPS) is 10.4. The molecule has 0 saturated carbocycles. The van der Waals surface area contributed by atoms with Gasteiger partial charge in [-0.25, -0.2) is 4.98 Å². The van der Waals surface area contributed by atoms with E-state index in [2.05, 4.69) is 31.2 Å². The minimum Gasteiger partial charge on any atom is -0.358 e. The molecule has 0 aliphatic carbocycles. The van der Waals surface area contributed by atoms with Crippen molar-refractivity contribution in [2.75, 3.05) is 5.32 Å². The van der Waals surface area contributed by atoms with Gasteiger partial charge >= 0.3 is 5.82 Å². The van der Waals surface area contributed by atoms with Gasteiger partial charge in [0.05, 0.1) is 0 Å². The topological polar surface area (TPSA) is 85.9 Å². The fourth-order valence-electron chi connectivity index (χ4n) is 1.11. The molecule has 0 bridgehead atoms. The van der Waals surface area contributed by atoms with Crippen molar-refractivity contribution in [3.63, 3.8) is 0 Å². The highest BCUT2D eigenvalue weighted by atomic mass is 79.9. The second-order valence-electron chi connectivity index (χ2n) is 2.83. The van der Waals surface area contributed by atoms with Crippen molar-refractivity contribution in [1.82, 2.24) is 14.5 Å². The predicted molar refractivity (Wildman–Crippen MR) is 63.0 cm³/mol. The Morgan fingerprint density at radius 2 is 2.44 bits per heavy atom. The van der Waals surface area contributed by atoms with Crippen molar-refractivity contribution >= 4 is 44.0 Å². The summed E-state index contributed by atoms with van der Waals surface area (Å²) in [6.45, 7) is 0. The number of thiazole rings is 1. The molecule has 0 amide bonds. The molecular weight excluding hydrogens is 298 g/mol. The SMILES string of the molecule is Cn1c(Br)nc([N+](=O)[O-])c1Nc1nccs1. The summed E-state index contributed by atoms with van der Waals surface area (Å²) in [5.74, 6) is 0.0661. The second-order valence-corrected chi connectivity index (χ2v) is 4.44. The summed E-state index contributed by atoms with van der Waals surface area (Å²) in [5.41, 5.74) is 0. The number of hydrogen-bond donors (Lipinski definition) is 1. The zero-order valence-corrected chi connectivity index (χ0v) is 10.4. The van der Waals surface area contributed by atoms with Crippen LogP contribution in [0.25, 0.3) is 0 Å². The largest absolute Gasteiger partial charge is 0.408 e. The molecule has 0 unspecified atom stereocenters. The first-order valence-electron chi connectivity index (χ1n) is 4.12. The van der Waals surface area contributed by atoms with E-state index in [-0.39, 0.29) is 5.82 Å². The smallest absolute Gasteiger partial charge is 0.358 e. The minimum absolute atomic E-state index is 0.232. The Bertz CT molecular complexity index is 523. The van der Waals surface area contributed by atoms with E-state index in [0.29, 0.717) is 15.7 Å². The third-order valence-electron chi connectivity index (χ3n) is 1.85. The van der Waals surface area contributed by atoms with E-state index in [9.17, 15) is 10.1 Å². The highest BCUT2D eigenvalue weighted by Crippen LogP contribution is 2.30. The lowest BCUT2D eigenvalue weighted by Crippen LogP contribution is -2.00. The third kappa shape index (κ3) is 1.91. The van der Waals surface area contributed by atoms with Crippen LogP contribution in [0.5, 0.6) is 0 Å². The lowest BCUT2D eigenvalue weighted by molar-refractivity contribution is -0.388. The monoisotopic (exact) mass is 303 g/mol. The average molecular weight is 304 g/mol. The van der Waals surface area contributed by atoms with Crippen molar-refractivity contribution < 1.29 is 4.92 Å². The first kappa shape index (κ1) is 11.0. The van der Waals surface area contributed by atoms with Crippen LogP contribution in [0.1, 0.15) is 0 Å². The third-order valence-corrected chi connectivity index (χ3v) is 3.25. The molecule has 2 aromatic heterocycles. The predicted octanol–water partition coefficient (Wildman–Crippen LogP) is 2.29. The number of rotatable bonds is 3. The fourth-order valence-corrected chi connectivity index (χ4v) is 1.98. The van der Waals surface area contributed by atoms with Gasteiger partial charge in [0.25, 0.3) is 4.73 Å². The van der Waals surface area contributed by atoms with Crippen LogP contribution in [0.3, 0.4) is 0 Å². The highest BCUT2D eigenvalue weighted by Gasteiger charge is 2.24. The van der Waals surface area contributed by atoms with Gasteiger partial charge in [-0.05, 0) is 9.91 Å². The number of halogens is 1. The van der Waals surface area contributed by atoms with Crippen LogP contribution in [0.4, 0.5) is 16.8 Å². The van der Waals surface area contributed by atoms with Gasteiger partial charge in [-0.1, -0.05) is 0 Å². The van der Waals surface area contributed by atoms with Crippen LogP contribution >= 0.6 is 27.3 Å². The molecule has 0 aliphatic rings. The molecule has 0 spiro atoms. The molecule has 0 fully saturated rings. The summed E-state index contributed by atoms with van der Waals surface area (Å²) in [5, 5.41) is 16.0. The fraction of sp³-hybridized carbons (Fsp3) is 0.143. The highest BCUT2D eigenvalue weighted by molar-refractivity contribution is 9.10. The molecule has 0 saturated heterocycles. The zero-order valence-electron chi connectivity index (χ0n) is 8.05. The van der Waals surface area contributed by atoms with E-state index in [1.165, 1.54) is 11.3 Å². The first-order valence-corrected chi connectivity index (χ1v) is 5.80. The van der Waals surface area contributed by atoms with Gasteiger partial charge in [-0.15, -0.1) is 11.3 Å². The van der Waals surface area contributed by atoms with Gasteiger partial charge in [-0.3, -0.25) is 4.57 Å². The van der Waals surface area contributed by atoms with Crippen molar-refractivity contribution in [1.29, 1.82) is 0 Å². The minimum atomic E-state index is -0.541. The van der Waals surface area contributed by atoms with Crippen molar-refractivity contribution in [2.45, 2.75) is 0 Å². The van der Waals surface area contributed by atoms with Gasteiger partial charge < -0.3 is 15.4 Å². The van der Waals surface area contributed by atoms with Crippen molar-refractivity contribution in [3.8, 4) is 0 Å². The molecule has 0 atom stereocenters. The quantitative estimate of drug-likeness (QED) is 0.694. The zero-order chi connectivity index (χ0) is 11.7. The van der Waals surface area contributed by atoms with E-state index < -0.39 is 4.92 Å². The second kappa shape index (κ2) is 4.18. The molecular formula is C7H6BrN5O2S. The first-order chi connectivity index (χ1) is 7.59. The number of aromatic nitrogens is 3. The number of hydrogen-bond acceptors (Lipinski definition) is 6. The van der Waals surface area contributed by atoms with Gasteiger partial charge in [-0.2, -0.15) is 0 Å². The van der Waals surface area contributed by atoms with Crippen LogP contribution in [0.15, 0.2) is 16.3 Å². The molecule has 84 valence electrons. The summed E-state index contributed by atoms with van der Waals surface area (Å²) in [4.78, 5) is 18.0. The van der Waals surface area contributed by atoms with Crippen LogP contribution < -0.4 is 5.32 Å². The van der Waals surface area contributed by atoms with Gasteiger partial charge in [0.2, 0.25) is 5.82 Å². The summed E-state index contributed by atoms with van der Waals surface area (Å²) >= 11 is 4.48. The van der Waals surface area contributed by atoms with E-state index in [0.717, 1.165) is 0 Å². The van der Waals surface area contributed by atoms with Gasteiger partial charge in [0.1, 0.15) is 0 Å². The maximum Gasteiger partial charge on any atom is 0.408 e. The Kier molecular flexibility index (Phi) is 2.88. The standard InChI is InChI=1S/C7H6BrN5O2S/c1-12-4(11-7-9-2-3-16-7)5(13(14)15)10-6(12)8/h2-3H,1H3,(H,9,11). The summed E-state index contributed by atoms with van der Waals surface area (Å²) < 4.78 is 1.93. The number of nitro groups is 1. The number of anilines is 2. The Morgan fingerprint density at radius 3 is 3.00 bits per heavy atom. The molecule has 2 aromatic rings. The Hall–Kier alpha value is -1.48. The van der Waals surface area contributed by atoms with E-state index >= 15 is 0 Å². The molecule has 16 heavy (non-hydrogen) atoms. The number of imidazole rings is 1. The molecule has 0 aromatic carbocycles. The Morgan fingerprint density at radius 1 is 1.69 bits per heavy atom. The summed E-state index contributed by atoms with van der Waals surface area (Å²) in [7, 11) is 1.67. The molecule has 1 N–H and O–H groups in total. The molecule has 2 heterocycles. The number of nitrogens with one attached hydrogen (secondary N) is 1. The lowest BCUT2D eigenvalue weighted by Gasteiger charge is -2.02. The van der Waals surface area contributed by atoms with Crippen LogP contribution in [-0.4, -0.2) is 19.5 Å². The van der Waals surface area contributed by atoms with Crippen molar-refractivity contribution in [3.05, 3.63) is 26.4 Å². The average Bonchev–Trinajstić information content (AvgIpc) is 2.81. The van der Waals surface area contributed by atoms with Crippen molar-refractivity contribution in [2.24, 2.45) is 7.05 Å². The van der Waals surface area contributed by atoms with Gasteiger partial charge in [0.15, 0.2) is 5.13 Å². The summed E-state index contributed by atoms with van der Waals surface area (Å²) in [6, 6.07) is 0. The molecule has 7 nitrogen and oxygen atoms in total. The number of nitrogens with zero attached hydrogens (tertiary/aromatic N) is 4. The van der Waals surface area contributed by atoms with E-state index in [1.54, 1.807) is 23.2 Å². The maximum absolute atomic E-state index is 10.8. The lowest BCUT2D eigenvalue weighted by atomic mass is 10.6. The molecule has 0 radical (unpaired) electrons. The molecule has 0 aliphatic heterocycles. The van der Waals surface area contributed by atoms with E-state index in [1.807, 2.05) is 0 Å². The Labute approximate surface area is 102 Å². The van der Waals surface area contributed by atoms with E-state index in [4.69, 9.17) is 0 Å². The Balaban J connectivity index is 2.42. The van der Waals surface area contributed by atoms with Gasteiger partial charge in [0, 0.05) is 34.6 Å². The molecule has 9 heteroatoms. The maximum atomic E-state index is 10.8. The summed E-state index contributed by atoms with van der Waals surface area (Å²) in [6.07, 6.45) is 1.62. The van der Waals surface area contributed by atoms with Crippen LogP contribution in [-0.2, 0) is 7.05 Å². The van der Waals surface area contributed by atoms with Crippen LogP contribution in [0.2, 0.25) is 0 Å². The van der Waals surface area contributed by atoms with Crippen LogP contribution in [0, 0.1) is 10.1 Å².